The van der Waals surface area contributed by atoms with Gasteiger partial charge < -0.3 is 10.1 Å². The van der Waals surface area contributed by atoms with Crippen LogP contribution in [0.5, 0.6) is 5.75 Å². The van der Waals surface area contributed by atoms with Crippen molar-refractivity contribution >= 4 is 32.9 Å². The van der Waals surface area contributed by atoms with E-state index in [1.54, 1.807) is 19.2 Å². The average Bonchev–Trinajstić information content (AvgIpc) is 3.31. The summed E-state index contributed by atoms with van der Waals surface area (Å²) in [4.78, 5) is 11.6. The standard InChI is InChI=1S/C27H22N2O3/c1-32-23-14-13-22(29(30)31)25-20-11-6-12-21(20)26(28-27(23)25)24-18-9-4-2-7-16(18)15-17-8-3-5-10-19(17)24/h2-11,13-15,20-21,26,28H,12H2,1H3. The molecule has 0 saturated carbocycles. The molecular formula is C27H22N2O3. The monoisotopic (exact) mass is 422 g/mol. The molecule has 0 saturated heterocycles. The zero-order chi connectivity index (χ0) is 21.8. The number of hydrogen-bond donors (Lipinski definition) is 1. The molecule has 0 aromatic heterocycles. The predicted molar refractivity (Wildman–Crippen MR) is 127 cm³/mol. The van der Waals surface area contributed by atoms with Crippen molar-refractivity contribution in [2.24, 2.45) is 5.92 Å². The van der Waals surface area contributed by atoms with Gasteiger partial charge in [0.1, 0.15) is 5.75 Å². The number of nitrogens with one attached hydrogen (secondary N) is 1. The maximum Gasteiger partial charge on any atom is 0.275 e. The maximum atomic E-state index is 11.9. The summed E-state index contributed by atoms with van der Waals surface area (Å²) in [6.45, 7) is 0. The molecule has 0 amide bonds. The number of anilines is 1. The van der Waals surface area contributed by atoms with Crippen molar-refractivity contribution in [3.63, 3.8) is 0 Å². The topological polar surface area (TPSA) is 64.4 Å². The fraction of sp³-hybridized carbons (Fsp3) is 0.185. The molecule has 1 aliphatic carbocycles. The zero-order valence-electron chi connectivity index (χ0n) is 17.6. The van der Waals surface area contributed by atoms with E-state index in [2.05, 4.69) is 72.1 Å². The molecule has 32 heavy (non-hydrogen) atoms. The Morgan fingerprint density at radius 3 is 2.31 bits per heavy atom. The second kappa shape index (κ2) is 7.09. The highest BCUT2D eigenvalue weighted by atomic mass is 16.6. The van der Waals surface area contributed by atoms with E-state index in [-0.39, 0.29) is 28.5 Å². The fourth-order valence-electron chi connectivity index (χ4n) is 5.66. The lowest BCUT2D eigenvalue weighted by Crippen LogP contribution is -2.30. The van der Waals surface area contributed by atoms with Gasteiger partial charge in [-0.1, -0.05) is 60.7 Å². The summed E-state index contributed by atoms with van der Waals surface area (Å²) < 4.78 is 5.65. The van der Waals surface area contributed by atoms with E-state index in [0.717, 1.165) is 17.7 Å². The van der Waals surface area contributed by atoms with Crippen LogP contribution in [-0.2, 0) is 0 Å². The molecule has 158 valence electrons. The molecule has 0 fully saturated rings. The molecule has 5 nitrogen and oxygen atoms in total. The Balaban J connectivity index is 1.65. The number of methoxy groups -OCH3 is 1. The quantitative estimate of drug-likeness (QED) is 0.172. The second-order valence-electron chi connectivity index (χ2n) is 8.54. The van der Waals surface area contributed by atoms with Crippen LogP contribution in [0.15, 0.2) is 78.9 Å². The Labute approximate surface area is 185 Å². The van der Waals surface area contributed by atoms with Gasteiger partial charge in [0.05, 0.1) is 29.3 Å². The lowest BCUT2D eigenvalue weighted by atomic mass is 9.74. The van der Waals surface area contributed by atoms with Crippen LogP contribution in [0.25, 0.3) is 21.5 Å². The van der Waals surface area contributed by atoms with Crippen LogP contribution >= 0.6 is 0 Å². The molecule has 1 aliphatic heterocycles. The van der Waals surface area contributed by atoms with Crippen LogP contribution in [0.1, 0.15) is 29.5 Å². The highest BCUT2D eigenvalue weighted by molar-refractivity contribution is 6.03. The minimum atomic E-state index is -0.281. The van der Waals surface area contributed by atoms with E-state index >= 15 is 0 Å². The van der Waals surface area contributed by atoms with E-state index in [9.17, 15) is 10.1 Å². The Morgan fingerprint density at radius 1 is 0.969 bits per heavy atom. The van der Waals surface area contributed by atoms with E-state index in [4.69, 9.17) is 4.74 Å². The summed E-state index contributed by atoms with van der Waals surface area (Å²) in [7, 11) is 1.61. The van der Waals surface area contributed by atoms with Crippen LogP contribution in [0, 0.1) is 16.0 Å². The van der Waals surface area contributed by atoms with E-state index in [0.29, 0.717) is 5.75 Å². The Kier molecular flexibility index (Phi) is 4.18. The molecule has 5 heteroatoms. The van der Waals surface area contributed by atoms with Crippen molar-refractivity contribution in [1.29, 1.82) is 0 Å². The molecule has 0 bridgehead atoms. The molecule has 0 radical (unpaired) electrons. The number of rotatable bonds is 3. The van der Waals surface area contributed by atoms with Gasteiger partial charge in [-0.2, -0.15) is 0 Å². The van der Waals surface area contributed by atoms with Gasteiger partial charge in [0.15, 0.2) is 0 Å². The molecule has 2 aliphatic rings. The molecule has 0 spiro atoms. The highest BCUT2D eigenvalue weighted by Gasteiger charge is 2.43. The highest BCUT2D eigenvalue weighted by Crippen LogP contribution is 2.56. The number of benzene rings is 4. The van der Waals surface area contributed by atoms with Crippen LogP contribution in [-0.4, -0.2) is 12.0 Å². The van der Waals surface area contributed by atoms with Gasteiger partial charge in [0.25, 0.3) is 5.69 Å². The van der Waals surface area contributed by atoms with Gasteiger partial charge in [-0.15, -0.1) is 0 Å². The lowest BCUT2D eigenvalue weighted by Gasteiger charge is -2.38. The van der Waals surface area contributed by atoms with Crippen LogP contribution in [0.2, 0.25) is 0 Å². The first-order valence-corrected chi connectivity index (χ1v) is 10.9. The Bertz CT molecular complexity index is 1370. The van der Waals surface area contributed by atoms with E-state index in [1.807, 2.05) is 0 Å². The van der Waals surface area contributed by atoms with Crippen LogP contribution in [0.3, 0.4) is 0 Å². The van der Waals surface area contributed by atoms with Gasteiger partial charge >= 0.3 is 0 Å². The first-order chi connectivity index (χ1) is 15.7. The first kappa shape index (κ1) is 18.9. The smallest absolute Gasteiger partial charge is 0.275 e. The van der Waals surface area contributed by atoms with Gasteiger partial charge in [0, 0.05) is 12.0 Å². The number of nitro benzene ring substituents is 1. The summed E-state index contributed by atoms with van der Waals surface area (Å²) in [6.07, 6.45) is 5.17. The third-order valence-electron chi connectivity index (χ3n) is 7.00. The number of allylic oxidation sites excluding steroid dienone is 2. The third kappa shape index (κ3) is 2.64. The van der Waals surface area contributed by atoms with Crippen molar-refractivity contribution in [2.75, 3.05) is 12.4 Å². The van der Waals surface area contributed by atoms with Crippen molar-refractivity contribution in [2.45, 2.75) is 18.4 Å². The normalized spacial score (nSPS) is 21.2. The summed E-state index contributed by atoms with van der Waals surface area (Å²) >= 11 is 0. The summed E-state index contributed by atoms with van der Waals surface area (Å²) in [5.41, 5.74) is 2.86. The number of fused-ring (bicyclic) bond motifs is 5. The zero-order valence-corrected chi connectivity index (χ0v) is 17.6. The number of hydrogen-bond acceptors (Lipinski definition) is 4. The molecule has 3 atom stereocenters. The van der Waals surface area contributed by atoms with Crippen molar-refractivity contribution in [1.82, 2.24) is 0 Å². The number of ether oxygens (including phenoxy) is 1. The molecule has 1 heterocycles. The summed E-state index contributed by atoms with van der Waals surface area (Å²) in [6, 6.07) is 22.4. The summed E-state index contributed by atoms with van der Waals surface area (Å²) in [5, 5.41) is 20.4. The summed E-state index contributed by atoms with van der Waals surface area (Å²) in [5.74, 6) is 0.783. The lowest BCUT2D eigenvalue weighted by molar-refractivity contribution is -0.385. The minimum Gasteiger partial charge on any atom is -0.495 e. The van der Waals surface area contributed by atoms with Gasteiger partial charge in [-0.25, -0.2) is 0 Å². The molecular weight excluding hydrogens is 400 g/mol. The second-order valence-corrected chi connectivity index (χ2v) is 8.54. The molecule has 6 rings (SSSR count). The molecule has 4 aromatic carbocycles. The molecule has 3 unspecified atom stereocenters. The first-order valence-electron chi connectivity index (χ1n) is 10.9. The molecule has 4 aromatic rings. The SMILES string of the molecule is COc1ccc([N+](=O)[O-])c2c1NC(c1c3ccccc3cc3ccccc13)C1CC=CC21. The minimum absolute atomic E-state index is 0.00518. The van der Waals surface area contributed by atoms with E-state index < -0.39 is 0 Å². The van der Waals surface area contributed by atoms with Crippen LogP contribution in [0.4, 0.5) is 11.4 Å². The molecule has 1 N–H and O–H groups in total. The van der Waals surface area contributed by atoms with Gasteiger partial charge in [-0.3, -0.25) is 10.1 Å². The number of nitro groups is 1. The largest absolute Gasteiger partial charge is 0.495 e. The third-order valence-corrected chi connectivity index (χ3v) is 7.00. The average molecular weight is 422 g/mol. The van der Waals surface area contributed by atoms with Crippen molar-refractivity contribution in [3.05, 3.63) is 100 Å². The maximum absolute atomic E-state index is 11.9. The van der Waals surface area contributed by atoms with Gasteiger partial charge in [0.2, 0.25) is 0 Å². The van der Waals surface area contributed by atoms with E-state index in [1.165, 1.54) is 27.1 Å². The predicted octanol–water partition coefficient (Wildman–Crippen LogP) is 6.74. The Morgan fingerprint density at radius 2 is 1.66 bits per heavy atom. The van der Waals surface area contributed by atoms with Crippen molar-refractivity contribution in [3.8, 4) is 5.75 Å². The number of nitrogens with zero attached hydrogens (tertiary/aromatic N) is 1. The Hall–Kier alpha value is -3.86. The van der Waals surface area contributed by atoms with Gasteiger partial charge in [-0.05, 0) is 51.6 Å². The van der Waals surface area contributed by atoms with Crippen LogP contribution < -0.4 is 10.1 Å². The fourth-order valence-corrected chi connectivity index (χ4v) is 5.66. The van der Waals surface area contributed by atoms with Crippen molar-refractivity contribution < 1.29 is 9.66 Å².